The number of ketones is 1. The minimum absolute atomic E-state index is 0.328. The van der Waals surface area contributed by atoms with Gasteiger partial charge in [-0.25, -0.2) is 0 Å². The number of methoxy groups -OCH3 is 1. The summed E-state index contributed by atoms with van der Waals surface area (Å²) in [6.45, 7) is 2.74. The molecule has 1 aliphatic rings. The van der Waals surface area contributed by atoms with Crippen LogP contribution < -0.4 is 0 Å². The van der Waals surface area contributed by atoms with Gasteiger partial charge in [-0.2, -0.15) is 0 Å². The molecule has 0 spiro atoms. The zero-order chi connectivity index (χ0) is 10.4. The third kappa shape index (κ3) is 3.62. The van der Waals surface area contributed by atoms with Crippen molar-refractivity contribution >= 4 is 5.78 Å². The van der Waals surface area contributed by atoms with Crippen molar-refractivity contribution in [3.63, 3.8) is 0 Å². The molecule has 0 fully saturated rings. The lowest BCUT2D eigenvalue weighted by Crippen LogP contribution is -2.13. The van der Waals surface area contributed by atoms with Gasteiger partial charge in [-0.3, -0.25) is 4.79 Å². The molecule has 0 N–H and O–H groups in total. The van der Waals surface area contributed by atoms with Gasteiger partial charge in [0.1, 0.15) is 0 Å². The summed E-state index contributed by atoms with van der Waals surface area (Å²) in [7, 11) is 1.68. The first-order valence-electron chi connectivity index (χ1n) is 5.45. The molecule has 0 radical (unpaired) electrons. The number of Topliss-reactive ketones (excluding diaryl/α,β-unsaturated/α-hetero) is 1. The highest BCUT2D eigenvalue weighted by Crippen LogP contribution is 2.20. The fourth-order valence-corrected chi connectivity index (χ4v) is 1.88. The van der Waals surface area contributed by atoms with E-state index in [1.807, 2.05) is 0 Å². The largest absolute Gasteiger partial charge is 0.384 e. The number of rotatable bonds is 5. The van der Waals surface area contributed by atoms with E-state index >= 15 is 0 Å². The number of carbonyl (C=O) groups is 1. The Morgan fingerprint density at radius 3 is 2.93 bits per heavy atom. The van der Waals surface area contributed by atoms with Gasteiger partial charge in [0.2, 0.25) is 0 Å². The first-order chi connectivity index (χ1) is 6.74. The number of hydrogen-bond acceptors (Lipinski definition) is 2. The molecule has 0 aliphatic heterocycles. The van der Waals surface area contributed by atoms with Crippen LogP contribution in [0.1, 0.15) is 39.0 Å². The van der Waals surface area contributed by atoms with Crippen molar-refractivity contribution in [2.45, 2.75) is 39.0 Å². The highest BCUT2D eigenvalue weighted by molar-refractivity contribution is 5.95. The summed E-state index contributed by atoms with van der Waals surface area (Å²) in [5, 5.41) is 0. The fourth-order valence-electron chi connectivity index (χ4n) is 1.88. The summed E-state index contributed by atoms with van der Waals surface area (Å²) in [5.74, 6) is 0.671. The molecular weight excluding hydrogens is 176 g/mol. The maximum absolute atomic E-state index is 11.8. The third-order valence-electron chi connectivity index (χ3n) is 2.63. The normalized spacial score (nSPS) is 18.9. The Hall–Kier alpha value is -0.630. The molecule has 0 bridgehead atoms. The minimum atomic E-state index is 0.328. The van der Waals surface area contributed by atoms with E-state index in [4.69, 9.17) is 4.74 Å². The van der Waals surface area contributed by atoms with E-state index in [-0.39, 0.29) is 0 Å². The van der Waals surface area contributed by atoms with Crippen LogP contribution in [0.4, 0.5) is 0 Å². The molecule has 1 unspecified atom stereocenters. The number of allylic oxidation sites excluding steroid dienone is 2. The second-order valence-electron chi connectivity index (χ2n) is 4.16. The third-order valence-corrected chi connectivity index (χ3v) is 2.63. The SMILES string of the molecule is COCC(C)CC(=O)C1=CCCCC1. The molecule has 0 saturated carbocycles. The molecule has 1 aliphatic carbocycles. The van der Waals surface area contributed by atoms with Crippen molar-refractivity contribution in [3.05, 3.63) is 11.6 Å². The topological polar surface area (TPSA) is 26.3 Å². The maximum Gasteiger partial charge on any atom is 0.158 e. The highest BCUT2D eigenvalue weighted by Gasteiger charge is 2.15. The monoisotopic (exact) mass is 196 g/mol. The van der Waals surface area contributed by atoms with Crippen LogP contribution in [0.3, 0.4) is 0 Å². The first-order valence-corrected chi connectivity index (χ1v) is 5.45. The molecule has 0 aromatic carbocycles. The molecule has 0 heterocycles. The van der Waals surface area contributed by atoms with Gasteiger partial charge in [0.05, 0.1) is 0 Å². The Balaban J connectivity index is 2.37. The van der Waals surface area contributed by atoms with Crippen LogP contribution in [-0.4, -0.2) is 19.5 Å². The molecule has 0 amide bonds. The van der Waals surface area contributed by atoms with E-state index in [0.29, 0.717) is 24.7 Å². The first kappa shape index (κ1) is 11.4. The minimum Gasteiger partial charge on any atom is -0.384 e. The average molecular weight is 196 g/mol. The standard InChI is InChI=1S/C12H20O2/c1-10(9-14-2)8-12(13)11-6-4-3-5-7-11/h6,10H,3-5,7-9H2,1-2H3. The Morgan fingerprint density at radius 1 is 1.57 bits per heavy atom. The molecule has 1 atom stereocenters. The van der Waals surface area contributed by atoms with E-state index in [1.54, 1.807) is 7.11 Å². The van der Waals surface area contributed by atoms with Crippen LogP contribution in [-0.2, 0) is 9.53 Å². The Labute approximate surface area is 86.3 Å². The molecule has 2 heteroatoms. The Kier molecular flexibility index (Phi) is 4.88. The lowest BCUT2D eigenvalue weighted by molar-refractivity contribution is -0.116. The summed E-state index contributed by atoms with van der Waals surface area (Å²) in [5.41, 5.74) is 1.05. The predicted octanol–water partition coefficient (Wildman–Crippen LogP) is 2.73. The Morgan fingerprint density at radius 2 is 2.36 bits per heavy atom. The van der Waals surface area contributed by atoms with Gasteiger partial charge >= 0.3 is 0 Å². The summed E-state index contributed by atoms with van der Waals surface area (Å²) in [6, 6.07) is 0. The molecular formula is C12H20O2. The number of ether oxygens (including phenoxy) is 1. The molecule has 80 valence electrons. The predicted molar refractivity (Wildman–Crippen MR) is 57.2 cm³/mol. The van der Waals surface area contributed by atoms with Gasteiger partial charge in [0.25, 0.3) is 0 Å². The van der Waals surface area contributed by atoms with Crippen molar-refractivity contribution in [2.24, 2.45) is 5.92 Å². The van der Waals surface area contributed by atoms with Crippen LogP contribution in [0, 0.1) is 5.92 Å². The zero-order valence-corrected chi connectivity index (χ0v) is 9.21. The lowest BCUT2D eigenvalue weighted by Gasteiger charge is -2.14. The second kappa shape index (κ2) is 5.97. The highest BCUT2D eigenvalue weighted by atomic mass is 16.5. The van der Waals surface area contributed by atoms with Crippen molar-refractivity contribution in [3.8, 4) is 0 Å². The van der Waals surface area contributed by atoms with Crippen LogP contribution in [0.2, 0.25) is 0 Å². The summed E-state index contributed by atoms with van der Waals surface area (Å²) < 4.78 is 5.02. The van der Waals surface area contributed by atoms with Crippen molar-refractivity contribution < 1.29 is 9.53 Å². The molecule has 2 nitrogen and oxygen atoms in total. The molecule has 1 rings (SSSR count). The van der Waals surface area contributed by atoms with E-state index in [1.165, 1.54) is 12.8 Å². The van der Waals surface area contributed by atoms with E-state index in [0.717, 1.165) is 18.4 Å². The van der Waals surface area contributed by atoms with E-state index in [9.17, 15) is 4.79 Å². The quantitative estimate of drug-likeness (QED) is 0.675. The van der Waals surface area contributed by atoms with Crippen LogP contribution in [0.5, 0.6) is 0 Å². The second-order valence-corrected chi connectivity index (χ2v) is 4.16. The molecule has 0 aromatic heterocycles. The molecule has 14 heavy (non-hydrogen) atoms. The Bertz CT molecular complexity index is 218. The van der Waals surface area contributed by atoms with Crippen molar-refractivity contribution in [2.75, 3.05) is 13.7 Å². The van der Waals surface area contributed by atoms with Gasteiger partial charge in [0, 0.05) is 20.1 Å². The van der Waals surface area contributed by atoms with E-state index < -0.39 is 0 Å². The van der Waals surface area contributed by atoms with Crippen LogP contribution in [0.25, 0.3) is 0 Å². The van der Waals surface area contributed by atoms with Crippen LogP contribution >= 0.6 is 0 Å². The van der Waals surface area contributed by atoms with Gasteiger partial charge in [-0.05, 0) is 37.2 Å². The van der Waals surface area contributed by atoms with E-state index in [2.05, 4.69) is 13.0 Å². The van der Waals surface area contributed by atoms with Crippen LogP contribution in [0.15, 0.2) is 11.6 Å². The van der Waals surface area contributed by atoms with Gasteiger partial charge in [0.15, 0.2) is 5.78 Å². The molecule has 0 aromatic rings. The average Bonchev–Trinajstić information content (AvgIpc) is 2.19. The number of hydrogen-bond donors (Lipinski definition) is 0. The van der Waals surface area contributed by atoms with Crippen molar-refractivity contribution in [1.29, 1.82) is 0 Å². The lowest BCUT2D eigenvalue weighted by atomic mass is 9.92. The van der Waals surface area contributed by atoms with Gasteiger partial charge in [-0.1, -0.05) is 13.0 Å². The summed E-state index contributed by atoms with van der Waals surface area (Å²) >= 11 is 0. The van der Waals surface area contributed by atoms with Gasteiger partial charge < -0.3 is 4.74 Å². The fraction of sp³-hybridized carbons (Fsp3) is 0.750. The van der Waals surface area contributed by atoms with Gasteiger partial charge in [-0.15, -0.1) is 0 Å². The maximum atomic E-state index is 11.8. The molecule has 0 saturated heterocycles. The summed E-state index contributed by atoms with van der Waals surface area (Å²) in [4.78, 5) is 11.8. The van der Waals surface area contributed by atoms with Crippen molar-refractivity contribution in [1.82, 2.24) is 0 Å². The zero-order valence-electron chi connectivity index (χ0n) is 9.21. The summed E-state index contributed by atoms with van der Waals surface area (Å²) in [6.07, 6.45) is 7.24. The number of carbonyl (C=O) groups excluding carboxylic acids is 1. The smallest absolute Gasteiger partial charge is 0.158 e.